The molecule has 2 rings (SSSR count). The number of H-pyrrole nitrogens is 1. The average Bonchev–Trinajstić information content (AvgIpc) is 2.80. The number of aromatic amines is 1. The van der Waals surface area contributed by atoms with Crippen molar-refractivity contribution in [3.8, 4) is 0 Å². The van der Waals surface area contributed by atoms with Gasteiger partial charge in [-0.3, -0.25) is 9.89 Å². The third-order valence-electron chi connectivity index (χ3n) is 2.34. The van der Waals surface area contributed by atoms with E-state index in [2.05, 4.69) is 25.5 Å². The summed E-state index contributed by atoms with van der Waals surface area (Å²) >= 11 is 1.43. The molecule has 0 saturated heterocycles. The lowest BCUT2D eigenvalue weighted by atomic mass is 10.2. The minimum atomic E-state index is -0.235. The molecule has 2 aromatic rings. The van der Waals surface area contributed by atoms with E-state index in [4.69, 9.17) is 0 Å². The highest BCUT2D eigenvalue weighted by Crippen LogP contribution is 2.21. The molecule has 2 N–H and O–H groups in total. The van der Waals surface area contributed by atoms with Crippen LogP contribution in [-0.2, 0) is 0 Å². The van der Waals surface area contributed by atoms with Crippen LogP contribution in [0.2, 0.25) is 0 Å². The number of carbonyl (C=O) groups is 1. The predicted molar refractivity (Wildman–Crippen MR) is 69.8 cm³/mol. The number of amides is 1. The number of rotatable bonds is 3. The number of hydrogen-bond donors (Lipinski definition) is 2. The van der Waals surface area contributed by atoms with Crippen LogP contribution in [0.3, 0.4) is 0 Å². The van der Waals surface area contributed by atoms with E-state index < -0.39 is 0 Å². The Morgan fingerprint density at radius 1 is 1.39 bits per heavy atom. The third kappa shape index (κ3) is 2.51. The van der Waals surface area contributed by atoms with Gasteiger partial charge >= 0.3 is 0 Å². The number of carbonyl (C=O) groups excluding carboxylic acids is 1. The van der Waals surface area contributed by atoms with E-state index in [-0.39, 0.29) is 5.91 Å². The van der Waals surface area contributed by atoms with Gasteiger partial charge in [0.05, 0.1) is 17.5 Å². The van der Waals surface area contributed by atoms with Gasteiger partial charge in [0.2, 0.25) is 0 Å². The Morgan fingerprint density at radius 3 is 2.78 bits per heavy atom. The second-order valence-electron chi connectivity index (χ2n) is 3.66. The van der Waals surface area contributed by atoms with Crippen molar-refractivity contribution in [1.82, 2.24) is 20.2 Å². The topological polar surface area (TPSA) is 83.6 Å². The fourth-order valence-corrected chi connectivity index (χ4v) is 2.27. The molecule has 0 bridgehead atoms. The molecule has 0 aromatic carbocycles. The molecule has 1 amide bonds. The molecule has 7 heteroatoms. The van der Waals surface area contributed by atoms with Crippen molar-refractivity contribution in [3.05, 3.63) is 29.3 Å². The van der Waals surface area contributed by atoms with Crippen LogP contribution in [0, 0.1) is 13.8 Å². The Balaban J connectivity index is 2.35. The monoisotopic (exact) mass is 263 g/mol. The van der Waals surface area contributed by atoms with Gasteiger partial charge in [-0.2, -0.15) is 5.10 Å². The van der Waals surface area contributed by atoms with Gasteiger partial charge in [-0.1, -0.05) is 0 Å². The van der Waals surface area contributed by atoms with Crippen LogP contribution in [-0.4, -0.2) is 32.3 Å². The van der Waals surface area contributed by atoms with Crippen LogP contribution in [0.5, 0.6) is 0 Å². The quantitative estimate of drug-likeness (QED) is 0.651. The zero-order valence-corrected chi connectivity index (χ0v) is 11.1. The van der Waals surface area contributed by atoms with Gasteiger partial charge in [0.15, 0.2) is 0 Å². The Hall–Kier alpha value is -1.89. The predicted octanol–water partition coefficient (Wildman–Crippen LogP) is 1.79. The number of aryl methyl sites for hydroxylation is 2. The minimum Gasteiger partial charge on any atom is -0.307 e. The van der Waals surface area contributed by atoms with Gasteiger partial charge in [0, 0.05) is 6.07 Å². The van der Waals surface area contributed by atoms with Gasteiger partial charge in [0.25, 0.3) is 5.91 Å². The lowest BCUT2D eigenvalue weighted by Gasteiger charge is -2.09. The van der Waals surface area contributed by atoms with Gasteiger partial charge in [0.1, 0.15) is 16.7 Å². The lowest BCUT2D eigenvalue weighted by Crippen LogP contribution is -2.17. The molecule has 0 radical (unpaired) electrons. The highest BCUT2D eigenvalue weighted by atomic mass is 32.2. The normalized spacial score (nSPS) is 10.4. The Labute approximate surface area is 109 Å². The van der Waals surface area contributed by atoms with E-state index in [0.29, 0.717) is 27.9 Å². The molecule has 0 fully saturated rings. The molecule has 18 heavy (non-hydrogen) atoms. The van der Waals surface area contributed by atoms with Crippen molar-refractivity contribution < 1.29 is 4.79 Å². The summed E-state index contributed by atoms with van der Waals surface area (Å²) < 4.78 is 0. The van der Waals surface area contributed by atoms with Gasteiger partial charge in [-0.15, -0.1) is 11.8 Å². The van der Waals surface area contributed by atoms with Crippen LogP contribution in [0.15, 0.2) is 17.3 Å². The summed E-state index contributed by atoms with van der Waals surface area (Å²) in [6, 6.07) is 1.68. The Morgan fingerprint density at radius 2 is 2.17 bits per heavy atom. The molecule has 0 atom stereocenters. The van der Waals surface area contributed by atoms with E-state index in [0.717, 1.165) is 0 Å². The fourth-order valence-electron chi connectivity index (χ4n) is 1.60. The summed E-state index contributed by atoms with van der Waals surface area (Å²) in [5, 5.41) is 9.85. The molecule has 0 saturated carbocycles. The van der Waals surface area contributed by atoms with E-state index in [1.165, 1.54) is 11.8 Å². The first kappa shape index (κ1) is 12.6. The summed E-state index contributed by atoms with van der Waals surface area (Å²) in [6.07, 6.45) is 3.46. The maximum absolute atomic E-state index is 12.2. The van der Waals surface area contributed by atoms with Crippen molar-refractivity contribution in [2.45, 2.75) is 18.9 Å². The van der Waals surface area contributed by atoms with Gasteiger partial charge < -0.3 is 5.32 Å². The number of nitrogens with one attached hydrogen (secondary N) is 2. The third-order valence-corrected chi connectivity index (χ3v) is 3.02. The van der Waals surface area contributed by atoms with Gasteiger partial charge in [-0.25, -0.2) is 9.97 Å². The van der Waals surface area contributed by atoms with Crippen LogP contribution in [0.1, 0.15) is 21.9 Å². The zero-order chi connectivity index (χ0) is 13.1. The summed E-state index contributed by atoms with van der Waals surface area (Å²) in [5.41, 5.74) is 1.17. The summed E-state index contributed by atoms with van der Waals surface area (Å²) in [5.74, 6) is 0.975. The molecule has 0 aliphatic heterocycles. The highest BCUT2D eigenvalue weighted by molar-refractivity contribution is 7.98. The van der Waals surface area contributed by atoms with E-state index in [1.807, 2.05) is 13.2 Å². The van der Waals surface area contributed by atoms with Crippen LogP contribution < -0.4 is 5.32 Å². The molecule has 2 heterocycles. The van der Waals surface area contributed by atoms with Crippen molar-refractivity contribution in [2.75, 3.05) is 11.6 Å². The van der Waals surface area contributed by atoms with Gasteiger partial charge in [-0.05, 0) is 20.1 Å². The highest BCUT2D eigenvalue weighted by Gasteiger charge is 2.17. The molecule has 0 spiro atoms. The summed E-state index contributed by atoms with van der Waals surface area (Å²) in [4.78, 5) is 20.7. The molecule has 0 aliphatic rings. The van der Waals surface area contributed by atoms with Crippen molar-refractivity contribution in [1.29, 1.82) is 0 Å². The first-order valence-electron chi connectivity index (χ1n) is 5.31. The summed E-state index contributed by atoms with van der Waals surface area (Å²) in [7, 11) is 0. The minimum absolute atomic E-state index is 0.235. The van der Waals surface area contributed by atoms with Crippen molar-refractivity contribution in [2.24, 2.45) is 0 Å². The number of hydrogen-bond acceptors (Lipinski definition) is 5. The van der Waals surface area contributed by atoms with E-state index >= 15 is 0 Å². The maximum Gasteiger partial charge on any atom is 0.261 e. The second kappa shape index (κ2) is 5.18. The molecule has 0 aliphatic carbocycles. The zero-order valence-electron chi connectivity index (χ0n) is 10.3. The molecular weight excluding hydrogens is 250 g/mol. The number of aromatic nitrogens is 4. The van der Waals surface area contributed by atoms with Crippen LogP contribution in [0.25, 0.3) is 0 Å². The second-order valence-corrected chi connectivity index (χ2v) is 4.46. The van der Waals surface area contributed by atoms with Crippen molar-refractivity contribution in [3.63, 3.8) is 0 Å². The lowest BCUT2D eigenvalue weighted by molar-refractivity contribution is 0.102. The van der Waals surface area contributed by atoms with Crippen LogP contribution >= 0.6 is 11.8 Å². The average molecular weight is 263 g/mol. The first-order valence-corrected chi connectivity index (χ1v) is 6.54. The fraction of sp³-hybridized carbons (Fsp3) is 0.273. The Bertz CT molecular complexity index is 567. The van der Waals surface area contributed by atoms with Crippen LogP contribution in [0.4, 0.5) is 5.82 Å². The molecule has 0 unspecified atom stereocenters. The molecule has 94 valence electrons. The number of nitrogens with zero attached hydrogens (tertiary/aromatic N) is 3. The largest absolute Gasteiger partial charge is 0.307 e. The SMILES string of the molecule is CSc1nc(C)nc(C)c1C(=O)Nc1ccn[nH]1. The van der Waals surface area contributed by atoms with Crippen molar-refractivity contribution >= 4 is 23.5 Å². The van der Waals surface area contributed by atoms with E-state index in [1.54, 1.807) is 19.2 Å². The van der Waals surface area contributed by atoms with E-state index in [9.17, 15) is 4.79 Å². The number of thioether (sulfide) groups is 1. The molecular formula is C11H13N5OS. The first-order chi connectivity index (χ1) is 8.61. The maximum atomic E-state index is 12.2. The summed E-state index contributed by atoms with van der Waals surface area (Å²) in [6.45, 7) is 3.61. The molecule has 2 aromatic heterocycles. The Kier molecular flexibility index (Phi) is 3.61. The smallest absolute Gasteiger partial charge is 0.261 e. The number of anilines is 1. The standard InChI is InChI=1S/C11H13N5OS/c1-6-9(11(18-3)14-7(2)13-6)10(17)15-8-4-5-12-16-8/h4-5H,1-3H3,(H2,12,15,16,17). The molecule has 6 nitrogen and oxygen atoms in total.